The first kappa shape index (κ1) is 16.9. The van der Waals surface area contributed by atoms with Crippen molar-refractivity contribution in [1.82, 2.24) is 25.1 Å². The second-order valence-corrected chi connectivity index (χ2v) is 5.61. The van der Waals surface area contributed by atoms with Gasteiger partial charge >= 0.3 is 0 Å². The van der Waals surface area contributed by atoms with Crippen molar-refractivity contribution in [2.75, 3.05) is 7.11 Å². The van der Waals surface area contributed by atoms with E-state index in [0.717, 1.165) is 11.3 Å². The lowest BCUT2D eigenvalue weighted by Crippen LogP contribution is -2.23. The van der Waals surface area contributed by atoms with Gasteiger partial charge in [0, 0.05) is 18.6 Å². The highest BCUT2D eigenvalue weighted by molar-refractivity contribution is 6.30. The summed E-state index contributed by atoms with van der Waals surface area (Å²) < 4.78 is 6.83. The van der Waals surface area contributed by atoms with Crippen LogP contribution in [-0.2, 0) is 13.1 Å². The van der Waals surface area contributed by atoms with Crippen molar-refractivity contribution in [3.8, 4) is 5.75 Å². The third-order valence-electron chi connectivity index (χ3n) is 3.54. The van der Waals surface area contributed by atoms with Gasteiger partial charge in [-0.3, -0.25) is 14.5 Å². The number of carbonyl (C=O) groups is 1. The molecule has 2 heterocycles. The molecule has 0 saturated heterocycles. The molecule has 1 N–H and O–H groups in total. The van der Waals surface area contributed by atoms with E-state index >= 15 is 0 Å². The summed E-state index contributed by atoms with van der Waals surface area (Å²) in [5.41, 5.74) is 2.04. The number of ether oxygens (including phenoxy) is 1. The van der Waals surface area contributed by atoms with Crippen LogP contribution in [0.15, 0.2) is 49.1 Å². The third-order valence-corrected chi connectivity index (χ3v) is 3.85. The summed E-state index contributed by atoms with van der Waals surface area (Å²) in [6.45, 7) is 0.766. The van der Waals surface area contributed by atoms with E-state index in [1.807, 2.05) is 24.3 Å². The minimum Gasteiger partial charge on any atom is -0.497 e. The maximum atomic E-state index is 12.2. The molecule has 8 heteroatoms. The van der Waals surface area contributed by atoms with Crippen LogP contribution in [0, 0.1) is 0 Å². The molecule has 3 rings (SSSR count). The summed E-state index contributed by atoms with van der Waals surface area (Å²) in [4.78, 5) is 20.2. The van der Waals surface area contributed by atoms with Crippen molar-refractivity contribution in [3.63, 3.8) is 0 Å². The number of aromatic nitrogens is 4. The fourth-order valence-electron chi connectivity index (χ4n) is 2.22. The molecule has 128 valence electrons. The zero-order valence-corrected chi connectivity index (χ0v) is 14.3. The second kappa shape index (κ2) is 7.76. The Morgan fingerprint density at radius 1 is 1.24 bits per heavy atom. The van der Waals surface area contributed by atoms with Crippen LogP contribution in [-0.4, -0.2) is 32.8 Å². The minimum absolute atomic E-state index is 0.204. The Hall–Kier alpha value is -2.93. The fraction of sp³-hybridized carbons (Fsp3) is 0.176. The van der Waals surface area contributed by atoms with Crippen molar-refractivity contribution in [3.05, 3.63) is 71.0 Å². The molecule has 0 aliphatic carbocycles. The zero-order chi connectivity index (χ0) is 17.6. The summed E-state index contributed by atoms with van der Waals surface area (Å²) >= 11 is 5.92. The quantitative estimate of drug-likeness (QED) is 0.732. The third kappa shape index (κ3) is 4.33. The highest BCUT2D eigenvalue weighted by atomic mass is 35.5. The average molecular weight is 358 g/mol. The van der Waals surface area contributed by atoms with E-state index in [4.69, 9.17) is 16.3 Å². The number of carbonyl (C=O) groups excluding carboxylic acids is 1. The highest BCUT2D eigenvalue weighted by Crippen LogP contribution is 2.12. The number of methoxy groups -OCH3 is 1. The monoisotopic (exact) mass is 357 g/mol. The predicted molar refractivity (Wildman–Crippen MR) is 92.5 cm³/mol. The summed E-state index contributed by atoms with van der Waals surface area (Å²) in [7, 11) is 1.63. The largest absolute Gasteiger partial charge is 0.497 e. The molecule has 0 radical (unpaired) electrons. The molecule has 2 aromatic heterocycles. The normalized spacial score (nSPS) is 10.5. The van der Waals surface area contributed by atoms with E-state index in [1.165, 1.54) is 18.6 Å². The van der Waals surface area contributed by atoms with Crippen molar-refractivity contribution in [1.29, 1.82) is 0 Å². The van der Waals surface area contributed by atoms with Crippen LogP contribution in [0.25, 0.3) is 0 Å². The predicted octanol–water partition coefficient (Wildman–Crippen LogP) is 2.31. The SMILES string of the molecule is COc1ccc(Cn2cc(C(=O)NCc3nccnc3Cl)cn2)cc1. The Bertz CT molecular complexity index is 863. The van der Waals surface area contributed by atoms with Gasteiger partial charge in [-0.2, -0.15) is 5.10 Å². The van der Waals surface area contributed by atoms with E-state index in [-0.39, 0.29) is 17.6 Å². The van der Waals surface area contributed by atoms with Gasteiger partial charge in [0.25, 0.3) is 5.91 Å². The number of amides is 1. The molecule has 7 nitrogen and oxygen atoms in total. The van der Waals surface area contributed by atoms with Gasteiger partial charge < -0.3 is 10.1 Å². The Balaban J connectivity index is 1.60. The summed E-state index contributed by atoms with van der Waals surface area (Å²) in [6, 6.07) is 7.68. The van der Waals surface area contributed by atoms with Gasteiger partial charge in [0.15, 0.2) is 5.15 Å². The maximum absolute atomic E-state index is 12.2. The molecule has 0 unspecified atom stereocenters. The van der Waals surface area contributed by atoms with Gasteiger partial charge in [0.2, 0.25) is 0 Å². The number of benzene rings is 1. The second-order valence-electron chi connectivity index (χ2n) is 5.25. The van der Waals surface area contributed by atoms with E-state index in [0.29, 0.717) is 17.8 Å². The lowest BCUT2D eigenvalue weighted by atomic mass is 10.2. The molecule has 0 atom stereocenters. The summed E-state index contributed by atoms with van der Waals surface area (Å²) in [5.74, 6) is 0.551. The molecular weight excluding hydrogens is 342 g/mol. The summed E-state index contributed by atoms with van der Waals surface area (Å²) in [6.07, 6.45) is 6.24. The van der Waals surface area contributed by atoms with E-state index in [1.54, 1.807) is 18.0 Å². The maximum Gasteiger partial charge on any atom is 0.254 e. The molecule has 0 saturated carbocycles. The molecular formula is C17H16ClN5O2. The Kier molecular flexibility index (Phi) is 5.25. The molecule has 3 aromatic rings. The number of hydrogen-bond acceptors (Lipinski definition) is 5. The van der Waals surface area contributed by atoms with Crippen LogP contribution in [0.1, 0.15) is 21.6 Å². The molecule has 1 amide bonds. The highest BCUT2D eigenvalue weighted by Gasteiger charge is 2.10. The van der Waals surface area contributed by atoms with Gasteiger partial charge in [0.1, 0.15) is 5.75 Å². The molecule has 0 bridgehead atoms. The lowest BCUT2D eigenvalue weighted by molar-refractivity contribution is 0.0950. The first-order chi connectivity index (χ1) is 12.2. The van der Waals surface area contributed by atoms with Crippen LogP contribution in [0.5, 0.6) is 5.75 Å². The summed E-state index contributed by atoms with van der Waals surface area (Å²) in [5, 5.41) is 7.25. The Labute approximate surface area is 149 Å². The van der Waals surface area contributed by atoms with Crippen LogP contribution in [0.4, 0.5) is 0 Å². The van der Waals surface area contributed by atoms with Crippen LogP contribution < -0.4 is 10.1 Å². The van der Waals surface area contributed by atoms with E-state index < -0.39 is 0 Å². The molecule has 0 aliphatic heterocycles. The van der Waals surface area contributed by atoms with Gasteiger partial charge in [0.05, 0.1) is 37.7 Å². The smallest absolute Gasteiger partial charge is 0.254 e. The molecule has 1 aromatic carbocycles. The first-order valence-electron chi connectivity index (χ1n) is 7.54. The van der Waals surface area contributed by atoms with Gasteiger partial charge in [-0.05, 0) is 17.7 Å². The fourth-order valence-corrected chi connectivity index (χ4v) is 2.39. The van der Waals surface area contributed by atoms with Crippen molar-refractivity contribution >= 4 is 17.5 Å². The van der Waals surface area contributed by atoms with Gasteiger partial charge in [-0.25, -0.2) is 4.98 Å². The number of nitrogens with zero attached hydrogens (tertiary/aromatic N) is 4. The molecule has 0 spiro atoms. The van der Waals surface area contributed by atoms with Crippen molar-refractivity contribution in [2.45, 2.75) is 13.1 Å². The average Bonchev–Trinajstić information content (AvgIpc) is 3.10. The van der Waals surface area contributed by atoms with Crippen LogP contribution in [0.2, 0.25) is 5.15 Å². The van der Waals surface area contributed by atoms with Gasteiger partial charge in [-0.1, -0.05) is 23.7 Å². The molecule has 25 heavy (non-hydrogen) atoms. The van der Waals surface area contributed by atoms with Crippen LogP contribution in [0.3, 0.4) is 0 Å². The number of hydrogen-bond donors (Lipinski definition) is 1. The van der Waals surface area contributed by atoms with E-state index in [9.17, 15) is 4.79 Å². The van der Waals surface area contributed by atoms with Gasteiger partial charge in [-0.15, -0.1) is 0 Å². The number of nitrogens with one attached hydrogen (secondary N) is 1. The van der Waals surface area contributed by atoms with Crippen molar-refractivity contribution in [2.24, 2.45) is 0 Å². The molecule has 0 aliphatic rings. The Morgan fingerprint density at radius 2 is 2.00 bits per heavy atom. The van der Waals surface area contributed by atoms with Crippen LogP contribution >= 0.6 is 11.6 Å². The lowest BCUT2D eigenvalue weighted by Gasteiger charge is -2.04. The molecule has 0 fully saturated rings. The standard InChI is InChI=1S/C17H16ClN5O2/c1-25-14-4-2-12(3-5-14)10-23-11-13(8-22-23)17(24)21-9-15-16(18)20-7-6-19-15/h2-8,11H,9-10H2,1H3,(H,21,24). The minimum atomic E-state index is -0.247. The van der Waals surface area contributed by atoms with E-state index in [2.05, 4.69) is 20.4 Å². The zero-order valence-electron chi connectivity index (χ0n) is 13.5. The first-order valence-corrected chi connectivity index (χ1v) is 7.92. The van der Waals surface area contributed by atoms with Crippen molar-refractivity contribution < 1.29 is 9.53 Å². The number of halogens is 1. The number of rotatable bonds is 6. The Morgan fingerprint density at radius 3 is 2.72 bits per heavy atom. The topological polar surface area (TPSA) is 81.9 Å².